The largest absolute Gasteiger partial charge is 0.340 e. The fourth-order valence-corrected chi connectivity index (χ4v) is 2.33. The first-order valence-corrected chi connectivity index (χ1v) is 7.01. The molecule has 0 saturated heterocycles. The van der Waals surface area contributed by atoms with Gasteiger partial charge in [0.05, 0.1) is 19.3 Å². The molecule has 0 spiro atoms. The van der Waals surface area contributed by atoms with Gasteiger partial charge >= 0.3 is 0 Å². The number of sulfonamides is 1. The maximum absolute atomic E-state index is 11.9. The Morgan fingerprint density at radius 3 is 2.95 bits per heavy atom. The van der Waals surface area contributed by atoms with Gasteiger partial charge < -0.3 is 10.3 Å². The molecule has 2 rings (SSSR count). The third-order valence-corrected chi connectivity index (χ3v) is 3.62. The van der Waals surface area contributed by atoms with Crippen molar-refractivity contribution in [2.45, 2.75) is 24.9 Å². The first-order valence-electron chi connectivity index (χ1n) is 5.52. The van der Waals surface area contributed by atoms with E-state index < -0.39 is 10.0 Å². The molecule has 0 aliphatic carbocycles. The van der Waals surface area contributed by atoms with Crippen LogP contribution in [0.4, 0.5) is 0 Å². The van der Waals surface area contributed by atoms with E-state index in [1.165, 1.54) is 17.1 Å². The molecular weight excluding hydrogens is 272 g/mol. The number of nitrogens with two attached hydrogens (primary N) is 1. The Hall–Kier alpha value is -1.78. The van der Waals surface area contributed by atoms with Crippen LogP contribution < -0.4 is 10.5 Å². The Kier molecular flexibility index (Phi) is 3.93. The summed E-state index contributed by atoms with van der Waals surface area (Å²) >= 11 is 0. The van der Waals surface area contributed by atoms with E-state index in [2.05, 4.69) is 20.0 Å². The van der Waals surface area contributed by atoms with Gasteiger partial charge in [-0.3, -0.25) is 4.68 Å². The molecule has 104 valence electrons. The topological polar surface area (TPSA) is 129 Å². The second kappa shape index (κ2) is 5.47. The molecule has 2 aromatic heterocycles. The second-order valence-electron chi connectivity index (χ2n) is 3.78. The van der Waals surface area contributed by atoms with Crippen LogP contribution in [0.5, 0.6) is 0 Å². The van der Waals surface area contributed by atoms with Gasteiger partial charge in [0.25, 0.3) is 0 Å². The van der Waals surface area contributed by atoms with E-state index >= 15 is 0 Å². The van der Waals surface area contributed by atoms with Crippen molar-refractivity contribution in [3.8, 4) is 0 Å². The number of aromatic nitrogens is 4. The van der Waals surface area contributed by atoms with Crippen molar-refractivity contribution >= 4 is 10.0 Å². The summed E-state index contributed by atoms with van der Waals surface area (Å²) in [7, 11) is -3.64. The minimum absolute atomic E-state index is 0.0399. The zero-order chi connectivity index (χ0) is 13.9. The normalized spacial score (nSPS) is 11.9. The van der Waals surface area contributed by atoms with E-state index in [4.69, 9.17) is 10.3 Å². The highest BCUT2D eigenvalue weighted by molar-refractivity contribution is 7.89. The number of rotatable bonds is 6. The number of hydrogen-bond donors (Lipinski definition) is 2. The third kappa shape index (κ3) is 3.36. The second-order valence-corrected chi connectivity index (χ2v) is 5.55. The van der Waals surface area contributed by atoms with Crippen LogP contribution >= 0.6 is 0 Å². The molecule has 19 heavy (non-hydrogen) atoms. The highest BCUT2D eigenvalue weighted by Gasteiger charge is 2.17. The molecule has 0 fully saturated rings. The predicted molar refractivity (Wildman–Crippen MR) is 64.3 cm³/mol. The molecule has 10 heteroatoms. The quantitative estimate of drug-likeness (QED) is 0.697. The maximum atomic E-state index is 11.9. The van der Waals surface area contributed by atoms with Crippen molar-refractivity contribution in [3.05, 3.63) is 24.1 Å². The van der Waals surface area contributed by atoms with Crippen LogP contribution in [0.1, 0.15) is 11.7 Å². The fraction of sp³-hybridized carbons (Fsp3) is 0.444. The molecule has 0 bridgehead atoms. The van der Waals surface area contributed by atoms with Crippen LogP contribution in [-0.4, -0.2) is 34.9 Å². The van der Waals surface area contributed by atoms with Crippen molar-refractivity contribution in [2.75, 3.05) is 6.54 Å². The molecule has 0 amide bonds. The van der Waals surface area contributed by atoms with Crippen molar-refractivity contribution in [1.82, 2.24) is 24.6 Å². The molecule has 0 atom stereocenters. The first-order chi connectivity index (χ1) is 9.01. The van der Waals surface area contributed by atoms with E-state index in [9.17, 15) is 8.42 Å². The minimum Gasteiger partial charge on any atom is -0.340 e. The van der Waals surface area contributed by atoms with Gasteiger partial charge in [0.15, 0.2) is 5.82 Å². The van der Waals surface area contributed by atoms with Crippen LogP contribution in [0.15, 0.2) is 21.8 Å². The number of hydrogen-bond acceptors (Lipinski definition) is 7. The predicted octanol–water partition coefficient (Wildman–Crippen LogP) is -0.988. The monoisotopic (exact) mass is 286 g/mol. The summed E-state index contributed by atoms with van der Waals surface area (Å²) in [4.78, 5) is 3.97. The summed E-state index contributed by atoms with van der Waals surface area (Å²) in [6.07, 6.45) is 2.68. The average molecular weight is 286 g/mol. The molecule has 0 radical (unpaired) electrons. The van der Waals surface area contributed by atoms with E-state index in [1.807, 2.05) is 0 Å². The van der Waals surface area contributed by atoms with Crippen molar-refractivity contribution in [2.24, 2.45) is 5.73 Å². The van der Waals surface area contributed by atoms with Crippen molar-refractivity contribution in [1.29, 1.82) is 0 Å². The van der Waals surface area contributed by atoms with Gasteiger partial charge in [-0.2, -0.15) is 10.1 Å². The number of nitrogens with one attached hydrogen (secondary N) is 1. The summed E-state index contributed by atoms with van der Waals surface area (Å²) in [5.41, 5.74) is 5.36. The third-order valence-electron chi connectivity index (χ3n) is 2.27. The smallest absolute Gasteiger partial charge is 0.244 e. The first kappa shape index (κ1) is 13.6. The SMILES string of the molecule is Cc1nc(CNS(=O)(=O)c2cnn(CCN)c2)no1. The lowest BCUT2D eigenvalue weighted by atomic mass is 10.6. The lowest BCUT2D eigenvalue weighted by Crippen LogP contribution is -2.23. The summed E-state index contributed by atoms with van der Waals surface area (Å²) in [5.74, 6) is 0.653. The maximum Gasteiger partial charge on any atom is 0.244 e. The van der Waals surface area contributed by atoms with Gasteiger partial charge in [-0.05, 0) is 0 Å². The summed E-state index contributed by atoms with van der Waals surface area (Å²) in [6, 6.07) is 0. The summed E-state index contributed by atoms with van der Waals surface area (Å²) < 4.78 is 32.5. The molecule has 2 aromatic rings. The zero-order valence-corrected chi connectivity index (χ0v) is 11.1. The Labute approximate surface area is 109 Å². The van der Waals surface area contributed by atoms with E-state index in [0.29, 0.717) is 19.0 Å². The molecule has 0 aliphatic rings. The molecule has 0 saturated carbocycles. The molecule has 0 aromatic carbocycles. The number of aryl methyl sites for hydroxylation is 1. The molecule has 0 unspecified atom stereocenters. The van der Waals surface area contributed by atoms with Crippen LogP contribution in [0.3, 0.4) is 0 Å². The van der Waals surface area contributed by atoms with Gasteiger partial charge in [-0.15, -0.1) is 0 Å². The Bertz CT molecular complexity index is 646. The fourth-order valence-electron chi connectivity index (χ4n) is 1.39. The van der Waals surface area contributed by atoms with E-state index in [1.54, 1.807) is 6.92 Å². The molecule has 0 aliphatic heterocycles. The van der Waals surface area contributed by atoms with Crippen LogP contribution in [0.2, 0.25) is 0 Å². The Morgan fingerprint density at radius 2 is 2.32 bits per heavy atom. The van der Waals surface area contributed by atoms with Crippen LogP contribution in [0, 0.1) is 6.92 Å². The standard InChI is InChI=1S/C9H14N6O3S/c1-7-13-9(14-18-7)5-12-19(16,17)8-4-11-15(6-8)3-2-10/h4,6,12H,2-3,5,10H2,1H3. The Balaban J connectivity index is 2.04. The lowest BCUT2D eigenvalue weighted by Gasteiger charge is -2.01. The van der Waals surface area contributed by atoms with Crippen molar-refractivity contribution in [3.63, 3.8) is 0 Å². The van der Waals surface area contributed by atoms with Gasteiger partial charge in [-0.1, -0.05) is 5.16 Å². The summed E-state index contributed by atoms with van der Waals surface area (Å²) in [6.45, 7) is 2.43. The zero-order valence-electron chi connectivity index (χ0n) is 10.3. The molecule has 3 N–H and O–H groups in total. The van der Waals surface area contributed by atoms with E-state index in [0.717, 1.165) is 0 Å². The molecular formula is C9H14N6O3S. The Morgan fingerprint density at radius 1 is 1.53 bits per heavy atom. The number of nitrogens with zero attached hydrogens (tertiary/aromatic N) is 4. The van der Waals surface area contributed by atoms with Crippen LogP contribution in [-0.2, 0) is 23.1 Å². The summed E-state index contributed by atoms with van der Waals surface area (Å²) in [5, 5.41) is 7.50. The van der Waals surface area contributed by atoms with Crippen LogP contribution in [0.25, 0.3) is 0 Å². The molecule has 2 heterocycles. The van der Waals surface area contributed by atoms with Gasteiger partial charge in [-0.25, -0.2) is 13.1 Å². The van der Waals surface area contributed by atoms with E-state index in [-0.39, 0.29) is 17.3 Å². The lowest BCUT2D eigenvalue weighted by molar-refractivity contribution is 0.387. The highest BCUT2D eigenvalue weighted by Crippen LogP contribution is 2.07. The van der Waals surface area contributed by atoms with Crippen molar-refractivity contribution < 1.29 is 12.9 Å². The van der Waals surface area contributed by atoms with Gasteiger partial charge in [0.2, 0.25) is 15.9 Å². The average Bonchev–Trinajstić information content (AvgIpc) is 2.97. The van der Waals surface area contributed by atoms with Gasteiger partial charge in [0.1, 0.15) is 4.90 Å². The minimum atomic E-state index is -3.64. The van der Waals surface area contributed by atoms with Gasteiger partial charge in [0, 0.05) is 19.7 Å². The highest BCUT2D eigenvalue weighted by atomic mass is 32.2. The molecule has 9 nitrogen and oxygen atoms in total.